The van der Waals surface area contributed by atoms with Crippen molar-refractivity contribution in [2.75, 3.05) is 26.6 Å². The van der Waals surface area contributed by atoms with E-state index in [2.05, 4.69) is 19.6 Å². The first-order valence-electron chi connectivity index (χ1n) is 12.9. The summed E-state index contributed by atoms with van der Waals surface area (Å²) >= 11 is 0. The summed E-state index contributed by atoms with van der Waals surface area (Å²) in [6, 6.07) is 26.3. The summed E-state index contributed by atoms with van der Waals surface area (Å²) in [6.45, 7) is 8.55. The smallest absolute Gasteiger partial charge is 0.257 e. The standard InChI is InChI=1S/C30H37NO5Si/c1-37(2,3)21-20-34-23-35-26-16-14-25(15-17-26)30(36-19-9-18-32)28-13-8-7-12-27(28)29(33)31(30)22-24-10-5-4-6-11-24/h4-8,10-17,32H,9,18-23H2,1-3H3. The van der Waals surface area contributed by atoms with Crippen LogP contribution in [0.1, 0.15) is 33.5 Å². The number of carbonyl (C=O) groups is 1. The van der Waals surface area contributed by atoms with Crippen LogP contribution in [0.2, 0.25) is 25.7 Å². The Morgan fingerprint density at radius 3 is 2.30 bits per heavy atom. The van der Waals surface area contributed by atoms with Crippen molar-refractivity contribution in [3.8, 4) is 5.75 Å². The molecular weight excluding hydrogens is 482 g/mol. The second-order valence-electron chi connectivity index (χ2n) is 10.5. The van der Waals surface area contributed by atoms with Crippen molar-refractivity contribution in [1.82, 2.24) is 4.90 Å². The van der Waals surface area contributed by atoms with E-state index in [1.165, 1.54) is 0 Å². The van der Waals surface area contributed by atoms with Crippen molar-refractivity contribution in [2.24, 2.45) is 0 Å². The normalized spacial score (nSPS) is 17.2. The van der Waals surface area contributed by atoms with Crippen LogP contribution < -0.4 is 4.74 Å². The first-order valence-corrected chi connectivity index (χ1v) is 16.6. The third-order valence-corrected chi connectivity index (χ3v) is 8.20. The summed E-state index contributed by atoms with van der Waals surface area (Å²) in [5, 5.41) is 9.46. The van der Waals surface area contributed by atoms with E-state index in [4.69, 9.17) is 14.2 Å². The minimum Gasteiger partial charge on any atom is -0.468 e. The zero-order valence-electron chi connectivity index (χ0n) is 22.0. The Morgan fingerprint density at radius 2 is 1.59 bits per heavy atom. The van der Waals surface area contributed by atoms with Crippen molar-refractivity contribution >= 4 is 14.0 Å². The van der Waals surface area contributed by atoms with Gasteiger partial charge in [0.2, 0.25) is 0 Å². The van der Waals surface area contributed by atoms with Crippen LogP contribution in [0.4, 0.5) is 0 Å². The van der Waals surface area contributed by atoms with Gasteiger partial charge in [-0.25, -0.2) is 0 Å². The number of amides is 1. The number of hydrogen-bond donors (Lipinski definition) is 1. The van der Waals surface area contributed by atoms with Gasteiger partial charge < -0.3 is 19.3 Å². The van der Waals surface area contributed by atoms with E-state index >= 15 is 0 Å². The largest absolute Gasteiger partial charge is 0.468 e. The van der Waals surface area contributed by atoms with Gasteiger partial charge in [-0.15, -0.1) is 0 Å². The SMILES string of the molecule is C[Si](C)(C)CCOCOc1ccc(C2(OCCCO)c3ccccc3C(=O)N2Cc2ccccc2)cc1. The number of rotatable bonds is 13. The molecule has 1 aliphatic rings. The van der Waals surface area contributed by atoms with Crippen LogP contribution in [0.3, 0.4) is 0 Å². The highest BCUT2D eigenvalue weighted by atomic mass is 28.3. The van der Waals surface area contributed by atoms with Crippen LogP contribution in [-0.2, 0) is 21.7 Å². The average molecular weight is 520 g/mol. The average Bonchev–Trinajstić information content (AvgIpc) is 3.13. The van der Waals surface area contributed by atoms with Crippen molar-refractivity contribution in [3.05, 3.63) is 101 Å². The van der Waals surface area contributed by atoms with E-state index in [-0.39, 0.29) is 19.3 Å². The first kappa shape index (κ1) is 27.1. The highest BCUT2D eigenvalue weighted by molar-refractivity contribution is 6.76. The van der Waals surface area contributed by atoms with Gasteiger partial charge in [-0.2, -0.15) is 0 Å². The molecule has 0 saturated carbocycles. The minimum absolute atomic E-state index is 0.00877. The minimum atomic E-state index is -1.14. The summed E-state index contributed by atoms with van der Waals surface area (Å²) < 4.78 is 18.1. The molecule has 3 aromatic rings. The summed E-state index contributed by atoms with van der Waals surface area (Å²) in [5.41, 5.74) is 2.14. The van der Waals surface area contributed by atoms with Crippen molar-refractivity contribution in [2.45, 2.75) is 44.4 Å². The third kappa shape index (κ3) is 6.30. The Morgan fingerprint density at radius 1 is 0.892 bits per heavy atom. The molecule has 0 bridgehead atoms. The van der Waals surface area contributed by atoms with Crippen LogP contribution in [0, 0.1) is 0 Å². The van der Waals surface area contributed by atoms with Crippen LogP contribution in [0.25, 0.3) is 0 Å². The second kappa shape index (κ2) is 12.0. The molecule has 0 aliphatic carbocycles. The van der Waals surface area contributed by atoms with E-state index < -0.39 is 13.8 Å². The fourth-order valence-corrected chi connectivity index (χ4v) is 5.26. The van der Waals surface area contributed by atoms with Crippen molar-refractivity contribution in [1.29, 1.82) is 0 Å². The fraction of sp³-hybridized carbons (Fsp3) is 0.367. The molecule has 1 N–H and O–H groups in total. The lowest BCUT2D eigenvalue weighted by Crippen LogP contribution is -2.46. The zero-order valence-corrected chi connectivity index (χ0v) is 23.0. The first-order chi connectivity index (χ1) is 17.8. The van der Waals surface area contributed by atoms with Gasteiger partial charge in [0.25, 0.3) is 5.91 Å². The molecular formula is C30H37NO5Si. The molecule has 0 spiro atoms. The van der Waals surface area contributed by atoms with E-state index in [0.717, 1.165) is 22.7 Å². The van der Waals surface area contributed by atoms with E-state index in [1.54, 1.807) is 4.90 Å². The maximum absolute atomic E-state index is 13.7. The van der Waals surface area contributed by atoms with Gasteiger partial charge in [0, 0.05) is 44.5 Å². The lowest BCUT2D eigenvalue weighted by molar-refractivity contribution is -0.113. The van der Waals surface area contributed by atoms with E-state index in [0.29, 0.717) is 37.5 Å². The Labute approximate surface area is 220 Å². The summed E-state index contributed by atoms with van der Waals surface area (Å²) in [5.74, 6) is 0.606. The van der Waals surface area contributed by atoms with Gasteiger partial charge in [0.15, 0.2) is 12.5 Å². The number of carbonyl (C=O) groups excluding carboxylic acids is 1. The monoisotopic (exact) mass is 519 g/mol. The molecule has 196 valence electrons. The van der Waals surface area contributed by atoms with Gasteiger partial charge in [0.05, 0.1) is 6.61 Å². The highest BCUT2D eigenvalue weighted by Crippen LogP contribution is 2.46. The van der Waals surface area contributed by atoms with Gasteiger partial charge in [-0.05, 0) is 36.2 Å². The molecule has 37 heavy (non-hydrogen) atoms. The topological polar surface area (TPSA) is 68.2 Å². The van der Waals surface area contributed by atoms with Gasteiger partial charge >= 0.3 is 0 Å². The molecule has 6 nitrogen and oxygen atoms in total. The number of fused-ring (bicyclic) bond motifs is 1. The molecule has 0 aromatic heterocycles. The van der Waals surface area contributed by atoms with Crippen molar-refractivity contribution in [3.63, 3.8) is 0 Å². The third-order valence-electron chi connectivity index (χ3n) is 6.50. The Bertz CT molecular complexity index is 1160. The molecule has 1 atom stereocenters. The number of hydrogen-bond acceptors (Lipinski definition) is 5. The molecule has 1 unspecified atom stereocenters. The van der Waals surface area contributed by atoms with Crippen LogP contribution in [-0.4, -0.2) is 50.6 Å². The Balaban J connectivity index is 1.63. The van der Waals surface area contributed by atoms with E-state index in [9.17, 15) is 9.90 Å². The maximum Gasteiger partial charge on any atom is 0.257 e. The number of nitrogens with zero attached hydrogens (tertiary/aromatic N) is 1. The zero-order chi connectivity index (χ0) is 26.3. The molecule has 0 saturated heterocycles. The van der Waals surface area contributed by atoms with Crippen molar-refractivity contribution < 1.29 is 24.1 Å². The van der Waals surface area contributed by atoms with E-state index in [1.807, 2.05) is 78.9 Å². The lowest BCUT2D eigenvalue weighted by Gasteiger charge is -2.39. The molecule has 3 aromatic carbocycles. The second-order valence-corrected chi connectivity index (χ2v) is 16.1. The van der Waals surface area contributed by atoms with Gasteiger partial charge in [-0.3, -0.25) is 9.69 Å². The molecule has 1 amide bonds. The summed E-state index contributed by atoms with van der Waals surface area (Å²) in [4.78, 5) is 15.5. The summed E-state index contributed by atoms with van der Waals surface area (Å²) in [6.07, 6.45) is 0.466. The molecule has 0 fully saturated rings. The quantitative estimate of drug-likeness (QED) is 0.180. The fourth-order valence-electron chi connectivity index (χ4n) is 4.51. The number of ether oxygens (including phenoxy) is 3. The summed E-state index contributed by atoms with van der Waals surface area (Å²) in [7, 11) is -1.14. The van der Waals surface area contributed by atoms with Crippen LogP contribution in [0.15, 0.2) is 78.9 Å². The molecule has 1 aliphatic heterocycles. The molecule has 0 radical (unpaired) electrons. The number of aliphatic hydroxyl groups excluding tert-OH is 1. The van der Waals surface area contributed by atoms with Crippen LogP contribution in [0.5, 0.6) is 5.75 Å². The Hall–Kier alpha value is -2.97. The molecule has 1 heterocycles. The van der Waals surface area contributed by atoms with Gasteiger partial charge in [0.1, 0.15) is 5.75 Å². The highest BCUT2D eigenvalue weighted by Gasteiger charge is 2.52. The molecule has 7 heteroatoms. The van der Waals surface area contributed by atoms with Gasteiger partial charge in [-0.1, -0.05) is 80.3 Å². The number of benzene rings is 3. The molecule has 4 rings (SSSR count). The van der Waals surface area contributed by atoms with Crippen LogP contribution >= 0.6 is 0 Å². The predicted octanol–water partition coefficient (Wildman–Crippen LogP) is 5.63. The maximum atomic E-state index is 13.7. The predicted molar refractivity (Wildman–Crippen MR) is 147 cm³/mol. The lowest BCUT2D eigenvalue weighted by atomic mass is 9.93. The Kier molecular flexibility index (Phi) is 8.82. The number of aliphatic hydroxyl groups is 1.